The van der Waals surface area contributed by atoms with Crippen molar-refractivity contribution in [2.24, 2.45) is 0 Å². The zero-order chi connectivity index (χ0) is 12.6. The summed E-state index contributed by atoms with van der Waals surface area (Å²) in [6, 6.07) is 2.50. The Kier molecular flexibility index (Phi) is 2.59. The Hall–Kier alpha value is -2.30. The van der Waals surface area contributed by atoms with E-state index in [1.54, 1.807) is 6.92 Å². The van der Waals surface area contributed by atoms with E-state index >= 15 is 0 Å². The second kappa shape index (κ2) is 3.93. The molecule has 0 bridgehead atoms. The molecule has 5 nitrogen and oxygen atoms in total. The van der Waals surface area contributed by atoms with E-state index in [9.17, 15) is 14.7 Å². The maximum absolute atomic E-state index is 11.8. The van der Waals surface area contributed by atoms with Gasteiger partial charge in [-0.2, -0.15) is 0 Å². The lowest BCUT2D eigenvalue weighted by Gasteiger charge is -2.08. The number of hydrogen-bond donors (Lipinski definition) is 1. The minimum absolute atomic E-state index is 0.0300. The Morgan fingerprint density at radius 3 is 2.71 bits per heavy atom. The van der Waals surface area contributed by atoms with E-state index < -0.39 is 0 Å². The molecule has 0 atom stereocenters. The summed E-state index contributed by atoms with van der Waals surface area (Å²) in [5.74, 6) is 0.313. The standard InChI is InChI=1S/C12H10O5/c1-6-3-9(15)11-7(5-13)8(14)4-10(16-2)12(11)17-6/h3-5,14H,1-2H3. The predicted molar refractivity (Wildman–Crippen MR) is 60.8 cm³/mol. The lowest BCUT2D eigenvalue weighted by atomic mass is 10.1. The third-order valence-corrected chi connectivity index (χ3v) is 2.45. The summed E-state index contributed by atoms with van der Waals surface area (Å²) < 4.78 is 10.4. The van der Waals surface area contributed by atoms with Crippen LogP contribution in [0.15, 0.2) is 21.3 Å². The van der Waals surface area contributed by atoms with Gasteiger partial charge in [-0.15, -0.1) is 0 Å². The van der Waals surface area contributed by atoms with Gasteiger partial charge in [0.2, 0.25) is 0 Å². The van der Waals surface area contributed by atoms with Crippen LogP contribution in [0.4, 0.5) is 0 Å². The number of methoxy groups -OCH3 is 1. The molecule has 0 amide bonds. The van der Waals surface area contributed by atoms with E-state index in [0.717, 1.165) is 0 Å². The van der Waals surface area contributed by atoms with Gasteiger partial charge in [-0.25, -0.2) is 0 Å². The van der Waals surface area contributed by atoms with Crippen molar-refractivity contribution in [1.82, 2.24) is 0 Å². The molecule has 1 heterocycles. The summed E-state index contributed by atoms with van der Waals surface area (Å²) in [6.07, 6.45) is 0.420. The Balaban J connectivity index is 3.08. The van der Waals surface area contributed by atoms with E-state index in [1.807, 2.05) is 0 Å². The molecule has 0 aliphatic carbocycles. The number of carbonyl (C=O) groups excluding carboxylic acids is 1. The van der Waals surface area contributed by atoms with Crippen molar-refractivity contribution in [1.29, 1.82) is 0 Å². The van der Waals surface area contributed by atoms with Gasteiger partial charge in [0, 0.05) is 12.1 Å². The van der Waals surface area contributed by atoms with Crippen LogP contribution in [0.25, 0.3) is 11.0 Å². The highest BCUT2D eigenvalue weighted by atomic mass is 16.5. The number of carbonyl (C=O) groups is 1. The smallest absolute Gasteiger partial charge is 0.193 e. The predicted octanol–water partition coefficient (Wildman–Crippen LogP) is 1.63. The fraction of sp³-hybridized carbons (Fsp3) is 0.167. The maximum Gasteiger partial charge on any atom is 0.193 e. The fourth-order valence-electron chi connectivity index (χ4n) is 1.71. The van der Waals surface area contributed by atoms with Crippen LogP contribution >= 0.6 is 0 Å². The highest BCUT2D eigenvalue weighted by Crippen LogP contribution is 2.32. The van der Waals surface area contributed by atoms with Crippen LogP contribution < -0.4 is 10.2 Å². The average Bonchev–Trinajstić information content (AvgIpc) is 2.28. The van der Waals surface area contributed by atoms with Crippen LogP contribution in [-0.4, -0.2) is 18.5 Å². The molecule has 88 valence electrons. The monoisotopic (exact) mass is 234 g/mol. The summed E-state index contributed by atoms with van der Waals surface area (Å²) in [4.78, 5) is 22.7. The van der Waals surface area contributed by atoms with Gasteiger partial charge in [-0.3, -0.25) is 9.59 Å². The molecule has 1 aromatic heterocycles. The number of rotatable bonds is 2. The highest BCUT2D eigenvalue weighted by Gasteiger charge is 2.17. The van der Waals surface area contributed by atoms with Crippen molar-refractivity contribution >= 4 is 17.3 Å². The first-order chi connectivity index (χ1) is 8.08. The number of hydrogen-bond acceptors (Lipinski definition) is 5. The number of phenolic OH excluding ortho intramolecular Hbond substituents is 1. The van der Waals surface area contributed by atoms with Gasteiger partial charge in [-0.05, 0) is 6.92 Å². The van der Waals surface area contributed by atoms with Gasteiger partial charge in [0.05, 0.1) is 18.1 Å². The Labute approximate surface area is 96.2 Å². The minimum atomic E-state index is -0.389. The lowest BCUT2D eigenvalue weighted by molar-refractivity contribution is 0.112. The summed E-state index contributed by atoms with van der Waals surface area (Å²) in [7, 11) is 1.39. The van der Waals surface area contributed by atoms with Gasteiger partial charge in [0.25, 0.3) is 0 Å². The molecular weight excluding hydrogens is 224 g/mol. The van der Waals surface area contributed by atoms with Crippen LogP contribution in [0, 0.1) is 6.92 Å². The van der Waals surface area contributed by atoms with Crippen LogP contribution in [0.2, 0.25) is 0 Å². The third-order valence-electron chi connectivity index (χ3n) is 2.45. The number of fused-ring (bicyclic) bond motifs is 1. The number of ether oxygens (including phenoxy) is 1. The van der Waals surface area contributed by atoms with Crippen molar-refractivity contribution in [3.8, 4) is 11.5 Å². The van der Waals surface area contributed by atoms with Crippen LogP contribution in [0.5, 0.6) is 11.5 Å². The molecule has 0 spiro atoms. The zero-order valence-electron chi connectivity index (χ0n) is 9.31. The summed E-state index contributed by atoms with van der Waals surface area (Å²) >= 11 is 0. The second-order valence-corrected chi connectivity index (χ2v) is 3.55. The quantitative estimate of drug-likeness (QED) is 0.799. The zero-order valence-corrected chi connectivity index (χ0v) is 9.31. The minimum Gasteiger partial charge on any atom is -0.507 e. The van der Waals surface area contributed by atoms with E-state index in [-0.39, 0.29) is 33.5 Å². The molecule has 1 aromatic carbocycles. The van der Waals surface area contributed by atoms with E-state index in [1.165, 1.54) is 19.2 Å². The maximum atomic E-state index is 11.8. The fourth-order valence-corrected chi connectivity index (χ4v) is 1.71. The Morgan fingerprint density at radius 2 is 2.12 bits per heavy atom. The van der Waals surface area contributed by atoms with Crippen LogP contribution in [0.1, 0.15) is 16.1 Å². The average molecular weight is 234 g/mol. The Bertz CT molecular complexity index is 654. The van der Waals surface area contributed by atoms with Crippen molar-refractivity contribution in [3.63, 3.8) is 0 Å². The van der Waals surface area contributed by atoms with Crippen molar-refractivity contribution in [2.75, 3.05) is 7.11 Å². The second-order valence-electron chi connectivity index (χ2n) is 3.55. The van der Waals surface area contributed by atoms with E-state index in [4.69, 9.17) is 9.15 Å². The molecule has 1 N–H and O–H groups in total. The molecule has 0 aliphatic heterocycles. The largest absolute Gasteiger partial charge is 0.507 e. The summed E-state index contributed by atoms with van der Waals surface area (Å²) in [6.45, 7) is 1.62. The number of aryl methyl sites for hydroxylation is 1. The molecule has 17 heavy (non-hydrogen) atoms. The molecule has 0 saturated carbocycles. The summed E-state index contributed by atoms with van der Waals surface area (Å²) in [5, 5.41) is 9.65. The number of aromatic hydroxyl groups is 1. The van der Waals surface area contributed by atoms with Gasteiger partial charge in [0.15, 0.2) is 23.0 Å². The number of aldehydes is 1. The molecule has 0 unspecified atom stereocenters. The highest BCUT2D eigenvalue weighted by molar-refractivity contribution is 6.00. The first kappa shape index (κ1) is 11.2. The first-order valence-corrected chi connectivity index (χ1v) is 4.88. The van der Waals surface area contributed by atoms with Crippen molar-refractivity contribution in [3.05, 3.63) is 33.7 Å². The topological polar surface area (TPSA) is 76.7 Å². The molecule has 5 heteroatoms. The summed E-state index contributed by atoms with van der Waals surface area (Å²) in [5.41, 5.74) is -0.313. The third kappa shape index (κ3) is 1.65. The van der Waals surface area contributed by atoms with Crippen LogP contribution in [-0.2, 0) is 0 Å². The number of phenols is 1. The molecule has 0 aliphatic rings. The van der Waals surface area contributed by atoms with E-state index in [0.29, 0.717) is 12.0 Å². The number of benzene rings is 1. The first-order valence-electron chi connectivity index (χ1n) is 4.88. The molecular formula is C12H10O5. The van der Waals surface area contributed by atoms with E-state index in [2.05, 4.69) is 0 Å². The van der Waals surface area contributed by atoms with Crippen LogP contribution in [0.3, 0.4) is 0 Å². The molecule has 2 rings (SSSR count). The van der Waals surface area contributed by atoms with Gasteiger partial charge in [-0.1, -0.05) is 0 Å². The Morgan fingerprint density at radius 1 is 1.41 bits per heavy atom. The molecule has 0 fully saturated rings. The lowest BCUT2D eigenvalue weighted by Crippen LogP contribution is -2.05. The van der Waals surface area contributed by atoms with Crippen molar-refractivity contribution in [2.45, 2.75) is 6.92 Å². The van der Waals surface area contributed by atoms with Crippen molar-refractivity contribution < 1.29 is 19.1 Å². The van der Waals surface area contributed by atoms with Gasteiger partial charge in [0.1, 0.15) is 11.5 Å². The van der Waals surface area contributed by atoms with Gasteiger partial charge < -0.3 is 14.3 Å². The van der Waals surface area contributed by atoms with Gasteiger partial charge >= 0.3 is 0 Å². The molecule has 2 aromatic rings. The molecule has 0 radical (unpaired) electrons. The SMILES string of the molecule is COc1cc(O)c(C=O)c2c(=O)cc(C)oc12. The normalized spacial score (nSPS) is 10.5. The molecule has 0 saturated heterocycles.